The van der Waals surface area contributed by atoms with Gasteiger partial charge in [0.25, 0.3) is 0 Å². The summed E-state index contributed by atoms with van der Waals surface area (Å²) in [5.74, 6) is -1.40. The summed E-state index contributed by atoms with van der Waals surface area (Å²) in [4.78, 5) is 16.1. The molecule has 11 heteroatoms. The molecule has 2 aliphatic rings. The first-order chi connectivity index (χ1) is 20.4. The molecule has 0 spiro atoms. The second-order valence-corrected chi connectivity index (χ2v) is 11.1. The molecule has 0 saturated carbocycles. The van der Waals surface area contributed by atoms with Crippen molar-refractivity contribution in [3.63, 3.8) is 0 Å². The summed E-state index contributed by atoms with van der Waals surface area (Å²) in [6.45, 7) is 3.35. The molecule has 2 amide bonds. The van der Waals surface area contributed by atoms with Crippen molar-refractivity contribution in [2.24, 2.45) is 7.05 Å². The Bertz CT molecular complexity index is 1570. The van der Waals surface area contributed by atoms with Crippen LogP contribution in [0.25, 0.3) is 16.9 Å². The van der Waals surface area contributed by atoms with Gasteiger partial charge in [0, 0.05) is 62.6 Å². The third kappa shape index (κ3) is 5.18. The standard InChI is InChI=1S/C31H35F2N7O2/c1-19-28(21-17-34-38(2)18-21)37-40(22-8-5-4-6-9-22)30(19)36-31(41)35-29-26-13-12-25(39(26)14-7-15-42-3)27(29)20-10-11-23(32)24(33)16-20/h4-6,8-11,16-18,25-27,29H,7,12-15H2,1-3H3,(H2,35,36,41)/t25-,26+,27+,29+/m0/s1. The van der Waals surface area contributed by atoms with E-state index in [9.17, 15) is 13.6 Å². The monoisotopic (exact) mass is 575 g/mol. The average Bonchev–Trinajstić information content (AvgIpc) is 3.74. The summed E-state index contributed by atoms with van der Waals surface area (Å²) in [7, 11) is 3.52. The summed E-state index contributed by atoms with van der Waals surface area (Å²) in [6.07, 6.45) is 6.31. The lowest BCUT2D eigenvalue weighted by Gasteiger charge is -2.30. The number of amides is 2. The highest BCUT2D eigenvalue weighted by atomic mass is 19.2. The van der Waals surface area contributed by atoms with Gasteiger partial charge in [-0.15, -0.1) is 0 Å². The Morgan fingerprint density at radius 2 is 1.88 bits per heavy atom. The second kappa shape index (κ2) is 11.7. The van der Waals surface area contributed by atoms with E-state index in [2.05, 4.69) is 20.6 Å². The largest absolute Gasteiger partial charge is 0.385 e. The molecule has 4 heterocycles. The molecule has 4 aromatic rings. The molecular formula is C31H35F2N7O2. The fourth-order valence-electron chi connectivity index (χ4n) is 6.74. The van der Waals surface area contributed by atoms with Crippen molar-refractivity contribution < 1.29 is 18.3 Å². The van der Waals surface area contributed by atoms with Crippen LogP contribution in [-0.2, 0) is 11.8 Å². The first-order valence-electron chi connectivity index (χ1n) is 14.3. The predicted octanol–water partition coefficient (Wildman–Crippen LogP) is 5.02. The van der Waals surface area contributed by atoms with E-state index >= 15 is 0 Å². The smallest absolute Gasteiger partial charge is 0.320 e. The minimum Gasteiger partial charge on any atom is -0.385 e. The van der Waals surface area contributed by atoms with Crippen molar-refractivity contribution in [1.29, 1.82) is 0 Å². The van der Waals surface area contributed by atoms with Crippen molar-refractivity contribution in [3.8, 4) is 16.9 Å². The molecule has 2 N–H and O–H groups in total. The van der Waals surface area contributed by atoms with Crippen molar-refractivity contribution in [2.45, 2.75) is 50.2 Å². The topological polar surface area (TPSA) is 89.2 Å². The summed E-state index contributed by atoms with van der Waals surface area (Å²) < 4.78 is 36.9. The Hall–Kier alpha value is -4.09. The number of hydrogen-bond donors (Lipinski definition) is 2. The molecule has 220 valence electrons. The number of fused-ring (bicyclic) bond motifs is 2. The Balaban J connectivity index is 1.31. The Morgan fingerprint density at radius 1 is 1.10 bits per heavy atom. The van der Waals surface area contributed by atoms with Gasteiger partial charge in [0.1, 0.15) is 11.5 Å². The van der Waals surface area contributed by atoms with E-state index < -0.39 is 11.6 Å². The number of carbonyl (C=O) groups excluding carboxylic acids is 1. The van der Waals surface area contributed by atoms with Crippen molar-refractivity contribution in [2.75, 3.05) is 25.6 Å². The van der Waals surface area contributed by atoms with Crippen LogP contribution in [0.15, 0.2) is 60.9 Å². The Morgan fingerprint density at radius 3 is 2.60 bits per heavy atom. The summed E-state index contributed by atoms with van der Waals surface area (Å²) in [6, 6.07) is 13.2. The van der Waals surface area contributed by atoms with Crippen LogP contribution in [0, 0.1) is 18.6 Å². The fraction of sp³-hybridized carbons (Fsp3) is 0.387. The maximum absolute atomic E-state index is 14.4. The number of nitrogens with zero attached hydrogens (tertiary/aromatic N) is 5. The molecule has 9 nitrogen and oxygen atoms in total. The third-order valence-corrected chi connectivity index (χ3v) is 8.55. The number of rotatable bonds is 9. The molecular weight excluding hydrogens is 540 g/mol. The number of aromatic nitrogens is 4. The first-order valence-corrected chi connectivity index (χ1v) is 14.3. The van der Waals surface area contributed by atoms with Gasteiger partial charge < -0.3 is 10.1 Å². The summed E-state index contributed by atoms with van der Waals surface area (Å²) in [5.41, 5.74) is 3.84. The molecule has 4 atom stereocenters. The number of para-hydroxylation sites is 1. The van der Waals surface area contributed by atoms with Crippen LogP contribution in [0.1, 0.15) is 36.3 Å². The van der Waals surface area contributed by atoms with Gasteiger partial charge in [-0.05, 0) is 56.0 Å². The highest BCUT2D eigenvalue weighted by Gasteiger charge is 2.53. The SMILES string of the molecule is COCCCN1[C@@H]2CC[C@H]1[C@@H](c1ccc(F)c(F)c1)[C@@H]2NC(=O)Nc1c(C)c(-c2cnn(C)c2)nn1-c1ccccc1. The Labute approximate surface area is 243 Å². The third-order valence-electron chi connectivity index (χ3n) is 8.55. The van der Waals surface area contributed by atoms with Crippen LogP contribution >= 0.6 is 0 Å². The van der Waals surface area contributed by atoms with Crippen LogP contribution in [0.5, 0.6) is 0 Å². The number of anilines is 1. The summed E-state index contributed by atoms with van der Waals surface area (Å²) in [5, 5.41) is 15.4. The highest BCUT2D eigenvalue weighted by Crippen LogP contribution is 2.47. The van der Waals surface area contributed by atoms with Gasteiger partial charge in [0.05, 0.1) is 17.9 Å². The second-order valence-electron chi connectivity index (χ2n) is 11.1. The fourth-order valence-corrected chi connectivity index (χ4v) is 6.74. The molecule has 2 saturated heterocycles. The van der Waals surface area contributed by atoms with Crippen molar-refractivity contribution in [1.82, 2.24) is 29.8 Å². The number of nitrogens with one attached hydrogen (secondary N) is 2. The lowest BCUT2D eigenvalue weighted by Crippen LogP contribution is -2.48. The molecule has 2 bridgehead atoms. The van der Waals surface area contributed by atoms with E-state index in [0.29, 0.717) is 23.7 Å². The van der Waals surface area contributed by atoms with Crippen LogP contribution in [0.4, 0.5) is 19.4 Å². The van der Waals surface area contributed by atoms with E-state index in [1.54, 1.807) is 28.7 Å². The molecule has 6 rings (SSSR count). The van der Waals surface area contributed by atoms with E-state index in [1.165, 1.54) is 12.1 Å². The molecule has 0 unspecified atom stereocenters. The molecule has 0 aliphatic carbocycles. The zero-order valence-electron chi connectivity index (χ0n) is 23.9. The first kappa shape index (κ1) is 28.0. The number of methoxy groups -OCH3 is 1. The number of halogens is 2. The van der Waals surface area contributed by atoms with Gasteiger partial charge in [-0.25, -0.2) is 18.3 Å². The lowest BCUT2D eigenvalue weighted by atomic mass is 9.80. The van der Waals surface area contributed by atoms with Crippen LogP contribution in [0.3, 0.4) is 0 Å². The minimum absolute atomic E-state index is 0.0711. The van der Waals surface area contributed by atoms with Gasteiger partial charge in [0.2, 0.25) is 0 Å². The molecule has 2 aromatic heterocycles. The number of carbonyl (C=O) groups is 1. The number of benzene rings is 2. The van der Waals surface area contributed by atoms with Crippen LogP contribution < -0.4 is 10.6 Å². The van der Waals surface area contributed by atoms with Gasteiger partial charge in [-0.3, -0.25) is 14.9 Å². The van der Waals surface area contributed by atoms with E-state index in [4.69, 9.17) is 9.84 Å². The van der Waals surface area contributed by atoms with Gasteiger partial charge >= 0.3 is 6.03 Å². The van der Waals surface area contributed by atoms with E-state index in [0.717, 1.165) is 42.6 Å². The zero-order chi connectivity index (χ0) is 29.4. The van der Waals surface area contributed by atoms with Crippen LogP contribution in [-0.4, -0.2) is 68.9 Å². The number of hydrogen-bond acceptors (Lipinski definition) is 5. The number of urea groups is 1. The average molecular weight is 576 g/mol. The maximum atomic E-state index is 14.4. The van der Waals surface area contributed by atoms with Gasteiger partial charge in [0.15, 0.2) is 11.6 Å². The molecule has 42 heavy (non-hydrogen) atoms. The molecule has 0 radical (unpaired) electrons. The predicted molar refractivity (Wildman–Crippen MR) is 156 cm³/mol. The van der Waals surface area contributed by atoms with Crippen LogP contribution in [0.2, 0.25) is 0 Å². The minimum atomic E-state index is -0.880. The Kier molecular flexibility index (Phi) is 7.78. The lowest BCUT2D eigenvalue weighted by molar-refractivity contribution is 0.163. The van der Waals surface area contributed by atoms with Crippen molar-refractivity contribution in [3.05, 3.63) is 83.7 Å². The summed E-state index contributed by atoms with van der Waals surface area (Å²) >= 11 is 0. The highest BCUT2D eigenvalue weighted by molar-refractivity contribution is 5.91. The molecule has 2 aromatic carbocycles. The number of aryl methyl sites for hydroxylation is 1. The van der Waals surface area contributed by atoms with Gasteiger partial charge in [-0.2, -0.15) is 10.2 Å². The van der Waals surface area contributed by atoms with E-state index in [-0.39, 0.29) is 30.1 Å². The van der Waals surface area contributed by atoms with E-state index in [1.807, 2.05) is 50.5 Å². The maximum Gasteiger partial charge on any atom is 0.320 e. The normalized spacial score (nSPS) is 21.6. The van der Waals surface area contributed by atoms with Crippen molar-refractivity contribution >= 4 is 11.8 Å². The zero-order valence-corrected chi connectivity index (χ0v) is 23.9. The number of ether oxygens (including phenoxy) is 1. The van der Waals surface area contributed by atoms with Gasteiger partial charge in [-0.1, -0.05) is 24.3 Å². The quantitative estimate of drug-likeness (QED) is 0.274. The molecule has 2 fully saturated rings. The molecule has 2 aliphatic heterocycles.